The number of nitrogens with two attached hydrogens (primary N) is 1. The second-order valence-corrected chi connectivity index (χ2v) is 5.19. The van der Waals surface area contributed by atoms with E-state index in [4.69, 9.17) is 5.73 Å². The van der Waals surface area contributed by atoms with Gasteiger partial charge in [0, 0.05) is 11.6 Å². The molecule has 1 aromatic heterocycles. The summed E-state index contributed by atoms with van der Waals surface area (Å²) in [4.78, 5) is 20.7. The van der Waals surface area contributed by atoms with E-state index in [1.165, 1.54) is 11.8 Å². The highest BCUT2D eigenvalue weighted by molar-refractivity contribution is 6.06. The van der Waals surface area contributed by atoms with Crippen molar-refractivity contribution in [3.8, 4) is 0 Å². The number of nitrogen functional groups attached to an aromatic ring is 1. The number of anilines is 2. The average Bonchev–Trinajstić information content (AvgIpc) is 2.48. The number of nitrogens with zero attached hydrogens (tertiary/aromatic N) is 2. The first-order valence-electron chi connectivity index (χ1n) is 7.04. The van der Waals surface area contributed by atoms with Gasteiger partial charge in [-0.2, -0.15) is 0 Å². The Hall–Kier alpha value is -2.43. The third kappa shape index (κ3) is 3.56. The zero-order valence-electron chi connectivity index (χ0n) is 12.6. The van der Waals surface area contributed by atoms with Crippen molar-refractivity contribution >= 4 is 17.3 Å². The first-order chi connectivity index (χ1) is 10.0. The van der Waals surface area contributed by atoms with E-state index in [1.54, 1.807) is 0 Å². The molecule has 0 aliphatic heterocycles. The maximum absolute atomic E-state index is 12.3. The van der Waals surface area contributed by atoms with Gasteiger partial charge in [0.2, 0.25) is 0 Å². The SMILES string of the molecule is CCc1ccc(NC(=O)c2nc(C(C)C)ncc2N)cc1. The zero-order chi connectivity index (χ0) is 15.4. The number of benzene rings is 1. The molecule has 0 unspecified atom stereocenters. The van der Waals surface area contributed by atoms with Crippen molar-refractivity contribution in [2.75, 3.05) is 11.1 Å². The Balaban J connectivity index is 2.21. The fraction of sp³-hybridized carbons (Fsp3) is 0.312. The molecule has 0 saturated heterocycles. The molecule has 0 fully saturated rings. The summed E-state index contributed by atoms with van der Waals surface area (Å²) in [5.74, 6) is 0.428. The van der Waals surface area contributed by atoms with Gasteiger partial charge in [-0.3, -0.25) is 4.79 Å². The highest BCUT2D eigenvalue weighted by atomic mass is 16.1. The minimum Gasteiger partial charge on any atom is -0.396 e. The molecule has 0 radical (unpaired) electrons. The van der Waals surface area contributed by atoms with Crippen LogP contribution in [-0.4, -0.2) is 15.9 Å². The molecule has 5 heteroatoms. The Labute approximate surface area is 124 Å². The van der Waals surface area contributed by atoms with Crippen LogP contribution in [0.2, 0.25) is 0 Å². The average molecular weight is 284 g/mol. The molecule has 0 bridgehead atoms. The monoisotopic (exact) mass is 284 g/mol. The molecular formula is C16H20N4O. The second-order valence-electron chi connectivity index (χ2n) is 5.19. The lowest BCUT2D eigenvalue weighted by molar-refractivity contribution is 0.102. The Morgan fingerprint density at radius 2 is 1.95 bits per heavy atom. The van der Waals surface area contributed by atoms with Crippen LogP contribution < -0.4 is 11.1 Å². The lowest BCUT2D eigenvalue weighted by Crippen LogP contribution is -2.18. The predicted octanol–water partition coefficient (Wildman–Crippen LogP) is 3.00. The lowest BCUT2D eigenvalue weighted by atomic mass is 10.1. The smallest absolute Gasteiger partial charge is 0.276 e. The van der Waals surface area contributed by atoms with Gasteiger partial charge < -0.3 is 11.1 Å². The van der Waals surface area contributed by atoms with Gasteiger partial charge in [0.25, 0.3) is 5.91 Å². The largest absolute Gasteiger partial charge is 0.396 e. The molecule has 1 heterocycles. The lowest BCUT2D eigenvalue weighted by Gasteiger charge is -2.10. The minimum absolute atomic E-state index is 0.140. The van der Waals surface area contributed by atoms with E-state index < -0.39 is 0 Å². The molecular weight excluding hydrogens is 264 g/mol. The Kier molecular flexibility index (Phi) is 4.52. The van der Waals surface area contributed by atoms with Crippen molar-refractivity contribution in [1.82, 2.24) is 9.97 Å². The van der Waals surface area contributed by atoms with Crippen LogP contribution in [0.5, 0.6) is 0 Å². The summed E-state index contributed by atoms with van der Waals surface area (Å²) in [5, 5.41) is 2.81. The topological polar surface area (TPSA) is 80.9 Å². The van der Waals surface area contributed by atoms with Gasteiger partial charge in [0.05, 0.1) is 11.9 Å². The minimum atomic E-state index is -0.318. The highest BCUT2D eigenvalue weighted by Gasteiger charge is 2.15. The van der Waals surface area contributed by atoms with E-state index in [0.717, 1.165) is 12.1 Å². The van der Waals surface area contributed by atoms with Crippen molar-refractivity contribution in [2.24, 2.45) is 0 Å². The van der Waals surface area contributed by atoms with Gasteiger partial charge in [0.15, 0.2) is 5.69 Å². The van der Waals surface area contributed by atoms with Crippen molar-refractivity contribution in [3.05, 3.63) is 47.5 Å². The van der Waals surface area contributed by atoms with Crippen LogP contribution in [0, 0.1) is 0 Å². The normalized spacial score (nSPS) is 10.7. The molecule has 0 atom stereocenters. The summed E-state index contributed by atoms with van der Waals surface area (Å²) < 4.78 is 0. The fourth-order valence-electron chi connectivity index (χ4n) is 1.88. The van der Waals surface area contributed by atoms with Gasteiger partial charge in [-0.25, -0.2) is 9.97 Å². The maximum atomic E-state index is 12.3. The molecule has 0 saturated carbocycles. The molecule has 2 rings (SSSR count). The van der Waals surface area contributed by atoms with E-state index in [-0.39, 0.29) is 23.2 Å². The van der Waals surface area contributed by atoms with Crippen LogP contribution in [0.15, 0.2) is 30.5 Å². The van der Waals surface area contributed by atoms with Crippen LogP contribution in [0.3, 0.4) is 0 Å². The molecule has 2 aromatic rings. The molecule has 110 valence electrons. The number of amides is 1. The maximum Gasteiger partial charge on any atom is 0.276 e. The summed E-state index contributed by atoms with van der Waals surface area (Å²) in [6.07, 6.45) is 2.45. The van der Waals surface area contributed by atoms with E-state index >= 15 is 0 Å². The molecule has 21 heavy (non-hydrogen) atoms. The van der Waals surface area contributed by atoms with E-state index in [1.807, 2.05) is 38.1 Å². The van der Waals surface area contributed by atoms with Crippen LogP contribution in [-0.2, 0) is 6.42 Å². The van der Waals surface area contributed by atoms with Crippen molar-refractivity contribution in [2.45, 2.75) is 33.1 Å². The van der Waals surface area contributed by atoms with Crippen LogP contribution >= 0.6 is 0 Å². The number of aryl methyl sites for hydroxylation is 1. The quantitative estimate of drug-likeness (QED) is 0.904. The van der Waals surface area contributed by atoms with Crippen LogP contribution in [0.1, 0.15) is 48.6 Å². The number of aromatic nitrogens is 2. The van der Waals surface area contributed by atoms with Crippen molar-refractivity contribution in [1.29, 1.82) is 0 Å². The number of hydrogen-bond donors (Lipinski definition) is 2. The van der Waals surface area contributed by atoms with E-state index in [9.17, 15) is 4.79 Å². The number of hydrogen-bond acceptors (Lipinski definition) is 4. The molecule has 0 aliphatic rings. The number of nitrogens with one attached hydrogen (secondary N) is 1. The third-order valence-electron chi connectivity index (χ3n) is 3.19. The number of carbonyl (C=O) groups is 1. The van der Waals surface area contributed by atoms with Gasteiger partial charge in [-0.1, -0.05) is 32.9 Å². The van der Waals surface area contributed by atoms with Gasteiger partial charge in [0.1, 0.15) is 5.82 Å². The Bertz CT molecular complexity index is 635. The predicted molar refractivity (Wildman–Crippen MR) is 84.3 cm³/mol. The first-order valence-corrected chi connectivity index (χ1v) is 7.04. The molecule has 1 aromatic carbocycles. The van der Waals surface area contributed by atoms with Crippen LogP contribution in [0.25, 0.3) is 0 Å². The molecule has 1 amide bonds. The zero-order valence-corrected chi connectivity index (χ0v) is 12.6. The summed E-state index contributed by atoms with van der Waals surface area (Å²) in [7, 11) is 0. The van der Waals surface area contributed by atoms with Crippen LogP contribution in [0.4, 0.5) is 11.4 Å². The fourth-order valence-corrected chi connectivity index (χ4v) is 1.88. The Morgan fingerprint density at radius 1 is 1.29 bits per heavy atom. The molecule has 3 N–H and O–H groups in total. The molecule has 5 nitrogen and oxygen atoms in total. The highest BCUT2D eigenvalue weighted by Crippen LogP contribution is 2.16. The van der Waals surface area contributed by atoms with E-state index in [0.29, 0.717) is 5.82 Å². The summed E-state index contributed by atoms with van der Waals surface area (Å²) in [6.45, 7) is 6.02. The summed E-state index contributed by atoms with van der Waals surface area (Å²) >= 11 is 0. The second kappa shape index (κ2) is 6.35. The Morgan fingerprint density at radius 3 is 2.52 bits per heavy atom. The number of rotatable bonds is 4. The van der Waals surface area contributed by atoms with Gasteiger partial charge >= 0.3 is 0 Å². The molecule has 0 spiro atoms. The standard InChI is InChI=1S/C16H20N4O/c1-4-11-5-7-12(8-6-11)19-16(21)14-13(17)9-18-15(20-14)10(2)3/h5-10H,4,17H2,1-3H3,(H,19,21). The molecule has 0 aliphatic carbocycles. The van der Waals surface area contributed by atoms with Crippen molar-refractivity contribution in [3.63, 3.8) is 0 Å². The van der Waals surface area contributed by atoms with Gasteiger partial charge in [-0.05, 0) is 24.1 Å². The van der Waals surface area contributed by atoms with Gasteiger partial charge in [-0.15, -0.1) is 0 Å². The third-order valence-corrected chi connectivity index (χ3v) is 3.19. The number of carbonyl (C=O) groups excluding carboxylic acids is 1. The van der Waals surface area contributed by atoms with Crippen molar-refractivity contribution < 1.29 is 4.79 Å². The first kappa shape index (κ1) is 15.0. The summed E-state index contributed by atoms with van der Waals surface area (Å²) in [6, 6.07) is 7.71. The van der Waals surface area contributed by atoms with E-state index in [2.05, 4.69) is 22.2 Å². The summed E-state index contributed by atoms with van der Waals surface area (Å²) in [5.41, 5.74) is 8.24.